The van der Waals surface area contributed by atoms with Crippen molar-refractivity contribution in [1.82, 2.24) is 15.0 Å². The molecule has 0 saturated carbocycles. The van der Waals surface area contributed by atoms with Crippen LogP contribution in [0.25, 0.3) is 11.5 Å². The van der Waals surface area contributed by atoms with E-state index in [1.165, 1.54) is 0 Å². The van der Waals surface area contributed by atoms with Crippen molar-refractivity contribution >= 4 is 0 Å². The minimum atomic E-state index is 0. The van der Waals surface area contributed by atoms with Crippen LogP contribution in [0.5, 0.6) is 0 Å². The first-order valence-corrected chi connectivity index (χ1v) is 4.16. The van der Waals surface area contributed by atoms with Gasteiger partial charge in [0.05, 0.1) is 5.69 Å². The molecule has 2 aromatic rings. The molecule has 75 valence electrons. The molecule has 0 unspecified atom stereocenters. The summed E-state index contributed by atoms with van der Waals surface area (Å²) < 4.78 is 0. The van der Waals surface area contributed by atoms with E-state index in [0.717, 1.165) is 22.9 Å². The molecular formula is C10H10N3Rh-. The molecule has 0 aliphatic heterocycles. The van der Waals surface area contributed by atoms with Crippen molar-refractivity contribution in [3.8, 4) is 11.5 Å². The molecule has 0 aliphatic carbocycles. The van der Waals surface area contributed by atoms with Crippen molar-refractivity contribution in [1.29, 1.82) is 0 Å². The molecule has 4 heteroatoms. The fourth-order valence-corrected chi connectivity index (χ4v) is 1.11. The summed E-state index contributed by atoms with van der Waals surface area (Å²) in [5.41, 5.74) is 2.78. The number of aromatic nitrogens is 3. The van der Waals surface area contributed by atoms with E-state index >= 15 is 0 Å². The summed E-state index contributed by atoms with van der Waals surface area (Å²) in [7, 11) is 0. The first kappa shape index (κ1) is 11.1. The monoisotopic (exact) mass is 275 g/mol. The number of rotatable bonds is 1. The summed E-state index contributed by atoms with van der Waals surface area (Å²) in [5, 5.41) is 0. The zero-order valence-corrected chi connectivity index (χ0v) is 9.62. The number of hydrogen-bond acceptors (Lipinski definition) is 2. The number of imidazole rings is 1. The van der Waals surface area contributed by atoms with Crippen molar-refractivity contribution in [2.75, 3.05) is 0 Å². The Morgan fingerprint density at radius 3 is 2.50 bits per heavy atom. The fraction of sp³-hybridized carbons (Fsp3) is 0.200. The number of nitrogens with zero attached hydrogens (tertiary/aromatic N) is 3. The summed E-state index contributed by atoms with van der Waals surface area (Å²) >= 11 is 0. The van der Waals surface area contributed by atoms with E-state index in [1.807, 2.05) is 32.0 Å². The van der Waals surface area contributed by atoms with Gasteiger partial charge in [-0.1, -0.05) is 17.5 Å². The van der Waals surface area contributed by atoms with Crippen LogP contribution in [0.4, 0.5) is 0 Å². The van der Waals surface area contributed by atoms with Gasteiger partial charge in [-0.3, -0.25) is 4.98 Å². The van der Waals surface area contributed by atoms with Gasteiger partial charge in [-0.2, -0.15) is 0 Å². The average molecular weight is 275 g/mol. The zero-order chi connectivity index (χ0) is 9.26. The van der Waals surface area contributed by atoms with Crippen LogP contribution >= 0.6 is 0 Å². The molecule has 14 heavy (non-hydrogen) atoms. The molecule has 0 fully saturated rings. The molecule has 2 heterocycles. The third-order valence-electron chi connectivity index (χ3n) is 1.96. The Balaban J connectivity index is 0.000000980. The van der Waals surface area contributed by atoms with E-state index in [2.05, 4.69) is 15.0 Å². The van der Waals surface area contributed by atoms with Crippen molar-refractivity contribution < 1.29 is 19.5 Å². The number of pyridine rings is 1. The maximum absolute atomic E-state index is 4.31. The van der Waals surface area contributed by atoms with Crippen LogP contribution in [-0.2, 0) is 19.5 Å². The zero-order valence-electron chi connectivity index (χ0n) is 7.98. The van der Waals surface area contributed by atoms with Crippen LogP contribution in [0, 0.1) is 13.8 Å². The van der Waals surface area contributed by atoms with E-state index in [1.54, 1.807) is 6.20 Å². The third-order valence-corrected chi connectivity index (χ3v) is 1.96. The predicted octanol–water partition coefficient (Wildman–Crippen LogP) is 1.72. The van der Waals surface area contributed by atoms with Gasteiger partial charge >= 0.3 is 0 Å². The van der Waals surface area contributed by atoms with Crippen LogP contribution in [0.1, 0.15) is 11.4 Å². The van der Waals surface area contributed by atoms with Gasteiger partial charge in [0.25, 0.3) is 0 Å². The molecule has 0 aliphatic rings. The van der Waals surface area contributed by atoms with Crippen molar-refractivity contribution in [2.45, 2.75) is 13.8 Å². The SMILES string of the molecule is Cc1nc(-c2ccccn2)[n-]c1C.[Rh]. The molecule has 1 radical (unpaired) electrons. The van der Waals surface area contributed by atoms with Gasteiger partial charge in [-0.05, 0) is 31.8 Å². The van der Waals surface area contributed by atoms with Crippen LogP contribution in [0.3, 0.4) is 0 Å². The fourth-order valence-electron chi connectivity index (χ4n) is 1.11. The molecule has 0 N–H and O–H groups in total. The Bertz CT molecular complexity index is 389. The van der Waals surface area contributed by atoms with Gasteiger partial charge in [0.15, 0.2) is 0 Å². The molecule has 3 nitrogen and oxygen atoms in total. The molecule has 2 aromatic heterocycles. The summed E-state index contributed by atoms with van der Waals surface area (Å²) in [4.78, 5) is 12.8. The number of hydrogen-bond donors (Lipinski definition) is 0. The minimum Gasteiger partial charge on any atom is -0.438 e. The van der Waals surface area contributed by atoms with Crippen LogP contribution < -0.4 is 4.98 Å². The van der Waals surface area contributed by atoms with Crippen LogP contribution in [0.2, 0.25) is 0 Å². The summed E-state index contributed by atoms with van der Waals surface area (Å²) in [6.07, 6.45) is 1.75. The first-order valence-electron chi connectivity index (χ1n) is 4.16. The quantitative estimate of drug-likeness (QED) is 0.744. The summed E-state index contributed by atoms with van der Waals surface area (Å²) in [6.45, 7) is 3.91. The minimum absolute atomic E-state index is 0. The second-order valence-electron chi connectivity index (χ2n) is 2.93. The predicted molar refractivity (Wildman–Crippen MR) is 50.3 cm³/mol. The summed E-state index contributed by atoms with van der Waals surface area (Å²) in [5.74, 6) is 0.718. The van der Waals surface area contributed by atoms with Crippen LogP contribution in [-0.4, -0.2) is 9.97 Å². The molecule has 0 spiro atoms. The van der Waals surface area contributed by atoms with Crippen molar-refractivity contribution in [2.24, 2.45) is 0 Å². The summed E-state index contributed by atoms with van der Waals surface area (Å²) in [6, 6.07) is 5.73. The Hall–Kier alpha value is -1.02. The molecule has 0 bridgehead atoms. The smallest absolute Gasteiger partial charge is 0.0620 e. The number of aryl methyl sites for hydroxylation is 2. The topological polar surface area (TPSA) is 39.9 Å². The largest absolute Gasteiger partial charge is 0.438 e. The second kappa shape index (κ2) is 4.47. The standard InChI is InChI=1S/C10H10N3.Rh/c1-7-8(2)13-10(12-7)9-5-3-4-6-11-9;/h3-6H,1-2H3;/q-1;. The second-order valence-corrected chi connectivity index (χ2v) is 2.93. The van der Waals surface area contributed by atoms with Gasteiger partial charge in [0.1, 0.15) is 0 Å². The van der Waals surface area contributed by atoms with Crippen LogP contribution in [0.15, 0.2) is 24.4 Å². The Labute approximate surface area is 95.8 Å². The van der Waals surface area contributed by atoms with E-state index in [-0.39, 0.29) is 19.5 Å². The van der Waals surface area contributed by atoms with Gasteiger partial charge in [0, 0.05) is 25.7 Å². The molecule has 0 atom stereocenters. The van der Waals surface area contributed by atoms with E-state index in [4.69, 9.17) is 0 Å². The van der Waals surface area contributed by atoms with Gasteiger partial charge in [-0.25, -0.2) is 0 Å². The van der Waals surface area contributed by atoms with Gasteiger partial charge in [0.2, 0.25) is 0 Å². The molecule has 0 amide bonds. The molecule has 0 aromatic carbocycles. The average Bonchev–Trinajstić information content (AvgIpc) is 2.49. The van der Waals surface area contributed by atoms with E-state index in [9.17, 15) is 0 Å². The Kier molecular flexibility index (Phi) is 3.53. The van der Waals surface area contributed by atoms with Gasteiger partial charge < -0.3 is 9.97 Å². The molecule has 2 rings (SSSR count). The molecular weight excluding hydrogens is 265 g/mol. The van der Waals surface area contributed by atoms with Crippen molar-refractivity contribution in [3.63, 3.8) is 0 Å². The Morgan fingerprint density at radius 1 is 1.21 bits per heavy atom. The molecule has 0 saturated heterocycles. The first-order chi connectivity index (χ1) is 6.27. The van der Waals surface area contributed by atoms with E-state index in [0.29, 0.717) is 0 Å². The van der Waals surface area contributed by atoms with Gasteiger partial charge in [-0.15, -0.1) is 0 Å². The van der Waals surface area contributed by atoms with Crippen molar-refractivity contribution in [3.05, 3.63) is 35.8 Å². The maximum atomic E-state index is 4.31. The van der Waals surface area contributed by atoms with E-state index < -0.39 is 0 Å². The maximum Gasteiger partial charge on any atom is 0.0620 e. The third kappa shape index (κ3) is 2.07. The Morgan fingerprint density at radius 2 is 2.00 bits per heavy atom. The normalized spacial score (nSPS) is 9.57.